The summed E-state index contributed by atoms with van der Waals surface area (Å²) in [6.07, 6.45) is -4.58. The molecule has 0 fully saturated rings. The first-order chi connectivity index (χ1) is 16.2. The van der Waals surface area contributed by atoms with E-state index in [1.54, 1.807) is 12.1 Å². The Morgan fingerprint density at radius 3 is 2.47 bits per heavy atom. The highest BCUT2D eigenvalue weighted by Crippen LogP contribution is 2.29. The number of alkyl halides is 3. The molecule has 0 aliphatic carbocycles. The van der Waals surface area contributed by atoms with E-state index < -0.39 is 29.6 Å². The second kappa shape index (κ2) is 9.85. The van der Waals surface area contributed by atoms with Crippen molar-refractivity contribution in [1.82, 2.24) is 4.90 Å². The Kier molecular flexibility index (Phi) is 6.88. The molecule has 0 bridgehead atoms. The summed E-state index contributed by atoms with van der Waals surface area (Å²) in [6.45, 7) is 0.0998. The topological polar surface area (TPSA) is 41.9 Å². The third kappa shape index (κ3) is 5.56. The van der Waals surface area contributed by atoms with Crippen molar-refractivity contribution in [3.8, 4) is 0 Å². The summed E-state index contributed by atoms with van der Waals surface area (Å²) in [5.41, 5.74) is 1.18. The quantitative estimate of drug-likeness (QED) is 0.379. The highest BCUT2D eigenvalue weighted by atomic mass is 35.5. The number of nitrogens with zero attached hydrogens (tertiary/aromatic N) is 2. The number of halogens is 5. The van der Waals surface area contributed by atoms with Gasteiger partial charge in [-0.05, 0) is 42.0 Å². The van der Waals surface area contributed by atoms with Crippen molar-refractivity contribution in [2.45, 2.75) is 25.2 Å². The molecule has 1 amide bonds. The number of rotatable bonds is 6. The SMILES string of the molecule is O=C(c1cccc(F)c1)N(Cc1ccc(C(F)(F)F)cc1)CC1CC(c2ccccc2Cl)=NO1. The molecule has 1 atom stereocenters. The lowest BCUT2D eigenvalue weighted by Crippen LogP contribution is -2.37. The molecule has 0 radical (unpaired) electrons. The van der Waals surface area contributed by atoms with Gasteiger partial charge in [-0.2, -0.15) is 13.2 Å². The fraction of sp³-hybridized carbons (Fsp3) is 0.200. The van der Waals surface area contributed by atoms with Crippen LogP contribution in [-0.2, 0) is 17.6 Å². The summed E-state index contributed by atoms with van der Waals surface area (Å²) in [5.74, 6) is -1.05. The number of oxime groups is 1. The van der Waals surface area contributed by atoms with Crippen LogP contribution in [0.25, 0.3) is 0 Å². The largest absolute Gasteiger partial charge is 0.416 e. The highest BCUT2D eigenvalue weighted by Gasteiger charge is 2.31. The van der Waals surface area contributed by atoms with Crippen molar-refractivity contribution in [2.24, 2.45) is 5.16 Å². The minimum Gasteiger partial charge on any atom is -0.390 e. The van der Waals surface area contributed by atoms with Gasteiger partial charge in [0, 0.05) is 29.1 Å². The number of carbonyl (C=O) groups is 1. The van der Waals surface area contributed by atoms with E-state index in [4.69, 9.17) is 16.4 Å². The third-order valence-corrected chi connectivity index (χ3v) is 5.68. The molecule has 176 valence electrons. The van der Waals surface area contributed by atoms with E-state index in [1.165, 1.54) is 35.2 Å². The Bertz CT molecular complexity index is 1210. The number of amides is 1. The maximum absolute atomic E-state index is 13.7. The number of hydrogen-bond donors (Lipinski definition) is 0. The molecule has 0 aromatic heterocycles. The summed E-state index contributed by atoms with van der Waals surface area (Å²) in [5, 5.41) is 4.62. The van der Waals surface area contributed by atoms with Crippen molar-refractivity contribution in [3.63, 3.8) is 0 Å². The van der Waals surface area contributed by atoms with Crippen LogP contribution < -0.4 is 0 Å². The first kappa shape index (κ1) is 23.8. The molecule has 3 aromatic rings. The smallest absolute Gasteiger partial charge is 0.390 e. The Morgan fingerprint density at radius 1 is 1.06 bits per heavy atom. The van der Waals surface area contributed by atoms with Crippen molar-refractivity contribution in [2.75, 3.05) is 6.54 Å². The van der Waals surface area contributed by atoms with E-state index in [1.807, 2.05) is 12.1 Å². The molecule has 0 saturated heterocycles. The molecular weight excluding hydrogens is 472 g/mol. The van der Waals surface area contributed by atoms with Crippen LogP contribution in [-0.4, -0.2) is 29.2 Å². The van der Waals surface area contributed by atoms with Crippen LogP contribution in [0.3, 0.4) is 0 Å². The van der Waals surface area contributed by atoms with Crippen LogP contribution >= 0.6 is 11.6 Å². The van der Waals surface area contributed by atoms with Gasteiger partial charge < -0.3 is 9.74 Å². The average molecular weight is 491 g/mol. The predicted octanol–water partition coefficient (Wildman–Crippen LogP) is 6.33. The van der Waals surface area contributed by atoms with E-state index in [-0.39, 0.29) is 18.7 Å². The number of carbonyl (C=O) groups excluding carboxylic acids is 1. The van der Waals surface area contributed by atoms with Crippen LogP contribution in [0, 0.1) is 5.82 Å². The lowest BCUT2D eigenvalue weighted by molar-refractivity contribution is -0.137. The van der Waals surface area contributed by atoms with Crippen LogP contribution in [0.4, 0.5) is 17.6 Å². The summed E-state index contributed by atoms with van der Waals surface area (Å²) >= 11 is 6.24. The zero-order valence-corrected chi connectivity index (χ0v) is 18.5. The maximum Gasteiger partial charge on any atom is 0.416 e. The molecule has 34 heavy (non-hydrogen) atoms. The molecule has 1 aliphatic rings. The summed E-state index contributed by atoms with van der Waals surface area (Å²) < 4.78 is 52.4. The Balaban J connectivity index is 1.53. The lowest BCUT2D eigenvalue weighted by atomic mass is 10.0. The van der Waals surface area contributed by atoms with Crippen molar-refractivity contribution >= 4 is 23.2 Å². The van der Waals surface area contributed by atoms with E-state index >= 15 is 0 Å². The Morgan fingerprint density at radius 2 is 1.79 bits per heavy atom. The molecule has 0 N–H and O–H groups in total. The minimum atomic E-state index is -4.46. The second-order valence-electron chi connectivity index (χ2n) is 7.84. The molecule has 3 aromatic carbocycles. The fourth-order valence-corrected chi connectivity index (χ4v) is 3.91. The molecule has 0 saturated carbocycles. The normalized spacial score (nSPS) is 15.6. The molecule has 9 heteroatoms. The molecule has 4 rings (SSSR count). The van der Waals surface area contributed by atoms with Gasteiger partial charge in [-0.25, -0.2) is 4.39 Å². The van der Waals surface area contributed by atoms with E-state index in [0.717, 1.165) is 23.8 Å². The number of hydrogen-bond acceptors (Lipinski definition) is 3. The van der Waals surface area contributed by atoms with E-state index in [2.05, 4.69) is 5.16 Å². The Labute approximate surface area is 198 Å². The lowest BCUT2D eigenvalue weighted by Gasteiger charge is -2.25. The first-order valence-electron chi connectivity index (χ1n) is 10.4. The highest BCUT2D eigenvalue weighted by molar-refractivity contribution is 6.34. The van der Waals surface area contributed by atoms with Crippen molar-refractivity contribution < 1.29 is 27.2 Å². The van der Waals surface area contributed by atoms with Gasteiger partial charge in [0.2, 0.25) is 0 Å². The van der Waals surface area contributed by atoms with Crippen molar-refractivity contribution in [3.05, 3.63) is 106 Å². The van der Waals surface area contributed by atoms with Crippen LogP contribution in [0.2, 0.25) is 5.02 Å². The van der Waals surface area contributed by atoms with Gasteiger partial charge >= 0.3 is 6.18 Å². The molecule has 1 unspecified atom stereocenters. The monoisotopic (exact) mass is 490 g/mol. The average Bonchev–Trinajstić information content (AvgIpc) is 3.26. The molecule has 4 nitrogen and oxygen atoms in total. The van der Waals surface area contributed by atoms with Crippen molar-refractivity contribution in [1.29, 1.82) is 0 Å². The predicted molar refractivity (Wildman–Crippen MR) is 120 cm³/mol. The summed E-state index contributed by atoms with van der Waals surface area (Å²) in [4.78, 5) is 20.1. The van der Waals surface area contributed by atoms with Crippen LogP contribution in [0.15, 0.2) is 78.0 Å². The van der Waals surface area contributed by atoms with Gasteiger partial charge in [0.1, 0.15) is 5.82 Å². The first-order valence-corrected chi connectivity index (χ1v) is 10.8. The van der Waals surface area contributed by atoms with Gasteiger partial charge in [0.15, 0.2) is 6.10 Å². The fourth-order valence-electron chi connectivity index (χ4n) is 3.67. The van der Waals surface area contributed by atoms with E-state index in [9.17, 15) is 22.4 Å². The van der Waals surface area contributed by atoms with Crippen LogP contribution in [0.1, 0.15) is 33.5 Å². The minimum absolute atomic E-state index is 0.00870. The van der Waals surface area contributed by atoms with E-state index in [0.29, 0.717) is 22.7 Å². The molecule has 1 aliphatic heterocycles. The maximum atomic E-state index is 13.7. The standard InChI is InChI=1S/C25H19ClF4N2O2/c26-22-7-2-1-6-21(22)23-13-20(34-31-23)15-32(24(33)17-4-3-5-19(27)12-17)14-16-8-10-18(11-9-16)25(28,29)30/h1-12,20H,13-15H2. The zero-order valence-electron chi connectivity index (χ0n) is 17.7. The van der Waals surface area contributed by atoms with Gasteiger partial charge in [-0.15, -0.1) is 0 Å². The summed E-state index contributed by atoms with van der Waals surface area (Å²) in [7, 11) is 0. The van der Waals surface area contributed by atoms with Crippen LogP contribution in [0.5, 0.6) is 0 Å². The third-order valence-electron chi connectivity index (χ3n) is 5.36. The second-order valence-corrected chi connectivity index (χ2v) is 8.25. The van der Waals surface area contributed by atoms with Gasteiger partial charge in [-0.3, -0.25) is 4.79 Å². The number of benzene rings is 3. The molecule has 0 spiro atoms. The van der Waals surface area contributed by atoms with Gasteiger partial charge in [0.25, 0.3) is 5.91 Å². The molecular formula is C25H19ClF4N2O2. The Hall–Kier alpha value is -3.39. The molecule has 1 heterocycles. The summed E-state index contributed by atoms with van der Waals surface area (Å²) in [6, 6.07) is 17.0. The zero-order chi connectivity index (χ0) is 24.3. The van der Waals surface area contributed by atoms with Gasteiger partial charge in [0.05, 0.1) is 17.8 Å². The van der Waals surface area contributed by atoms with Gasteiger partial charge in [-0.1, -0.05) is 53.2 Å².